The number of rotatable bonds is 7. The zero-order valence-electron chi connectivity index (χ0n) is 18.0. The molecule has 0 spiro atoms. The summed E-state index contributed by atoms with van der Waals surface area (Å²) in [7, 11) is 0. The third-order valence-corrected chi connectivity index (χ3v) is 6.88. The van der Waals surface area contributed by atoms with Crippen LogP contribution in [0.25, 0.3) is 0 Å². The van der Waals surface area contributed by atoms with Crippen molar-refractivity contribution in [3.8, 4) is 5.75 Å². The van der Waals surface area contributed by atoms with E-state index in [0.717, 1.165) is 11.4 Å². The first-order valence-electron chi connectivity index (χ1n) is 10.8. The van der Waals surface area contributed by atoms with E-state index in [9.17, 15) is 24.5 Å². The average Bonchev–Trinajstić information content (AvgIpc) is 3.51. The van der Waals surface area contributed by atoms with Gasteiger partial charge in [-0.15, -0.1) is 0 Å². The van der Waals surface area contributed by atoms with Crippen LogP contribution in [0.3, 0.4) is 0 Å². The van der Waals surface area contributed by atoms with Crippen molar-refractivity contribution in [2.24, 2.45) is 28.8 Å². The summed E-state index contributed by atoms with van der Waals surface area (Å²) in [4.78, 5) is 47.5. The number of fused-ring (bicyclic) bond motifs is 5. The first-order chi connectivity index (χ1) is 16.7. The highest BCUT2D eigenvalue weighted by molar-refractivity contribution is 6.32. The fraction of sp³-hybridized carbons (Fsp3) is 0.250. The van der Waals surface area contributed by atoms with E-state index in [-0.39, 0.29) is 52.2 Å². The van der Waals surface area contributed by atoms with Crippen molar-refractivity contribution in [2.75, 3.05) is 0 Å². The molecular weight excluding hydrogens is 478 g/mol. The number of ether oxygens (including phenoxy) is 1. The number of aromatic carboxylic acids is 1. The first kappa shape index (κ1) is 22.7. The maximum Gasteiger partial charge on any atom is 0.335 e. The third-order valence-electron chi connectivity index (χ3n) is 6.60. The Bertz CT molecular complexity index is 1290. The molecule has 3 aliphatic rings. The Balaban J connectivity index is 1.34. The number of benzene rings is 2. The van der Waals surface area contributed by atoms with Crippen molar-refractivity contribution in [1.82, 2.24) is 5.01 Å². The van der Waals surface area contributed by atoms with Gasteiger partial charge in [0.1, 0.15) is 6.61 Å². The fourth-order valence-corrected chi connectivity index (χ4v) is 5.25. The van der Waals surface area contributed by atoms with Crippen LogP contribution in [0.2, 0.25) is 5.02 Å². The number of carboxylic acid groups (broad SMARTS) is 1. The number of nitro groups is 1. The van der Waals surface area contributed by atoms with E-state index in [4.69, 9.17) is 21.4 Å². The Morgan fingerprint density at radius 3 is 2.37 bits per heavy atom. The van der Waals surface area contributed by atoms with Crippen molar-refractivity contribution in [3.63, 3.8) is 0 Å². The molecule has 178 valence electrons. The summed E-state index contributed by atoms with van der Waals surface area (Å²) in [6.07, 6.45) is 5.95. The third kappa shape index (κ3) is 3.95. The van der Waals surface area contributed by atoms with Gasteiger partial charge < -0.3 is 9.84 Å². The number of carboxylic acids is 1. The molecule has 0 radical (unpaired) electrons. The topological polar surface area (TPSA) is 139 Å². The molecule has 1 N–H and O–H groups in total. The van der Waals surface area contributed by atoms with Gasteiger partial charge in [-0.3, -0.25) is 19.7 Å². The lowest BCUT2D eigenvalue weighted by Gasteiger charge is -2.13. The van der Waals surface area contributed by atoms with Gasteiger partial charge in [-0.1, -0.05) is 35.9 Å². The highest BCUT2D eigenvalue weighted by atomic mass is 35.5. The molecule has 4 atom stereocenters. The van der Waals surface area contributed by atoms with Crippen LogP contribution in [0, 0.1) is 33.8 Å². The van der Waals surface area contributed by atoms with Crippen LogP contribution >= 0.6 is 11.6 Å². The minimum atomic E-state index is -1.07. The maximum atomic E-state index is 12.8. The molecule has 2 aromatic rings. The number of carbonyl (C=O) groups excluding carboxylic acids is 2. The van der Waals surface area contributed by atoms with E-state index in [2.05, 4.69) is 5.10 Å². The van der Waals surface area contributed by atoms with Gasteiger partial charge in [0.15, 0.2) is 0 Å². The first-order valence-corrected chi connectivity index (χ1v) is 11.2. The summed E-state index contributed by atoms with van der Waals surface area (Å²) in [5.74, 6) is -2.64. The number of amides is 2. The standard InChI is InChI=1S/C24H18ClN3O7/c25-17-7-13(10-26-27-22(29)19-15-5-6-16(9-15)20(19)23(27)30)8-18(28(33)34)21(17)35-11-12-1-3-14(4-2-12)24(31)32/h1-8,10,15-16,19-20H,9,11H2,(H,31,32)/t15-,16-,19-,20+/m0/s1. The number of halogens is 1. The van der Waals surface area contributed by atoms with Gasteiger partial charge >= 0.3 is 11.7 Å². The predicted octanol–water partition coefficient (Wildman–Crippen LogP) is 3.67. The van der Waals surface area contributed by atoms with Crippen molar-refractivity contribution in [3.05, 3.63) is 80.4 Å². The smallest absolute Gasteiger partial charge is 0.335 e. The van der Waals surface area contributed by atoms with Crippen molar-refractivity contribution in [1.29, 1.82) is 0 Å². The molecule has 11 heteroatoms. The van der Waals surface area contributed by atoms with Crippen molar-refractivity contribution < 1.29 is 29.2 Å². The van der Waals surface area contributed by atoms with Gasteiger partial charge in [0.2, 0.25) is 5.75 Å². The van der Waals surface area contributed by atoms with Gasteiger partial charge in [-0.25, -0.2) is 4.79 Å². The number of imide groups is 1. The second-order valence-electron chi connectivity index (χ2n) is 8.63. The molecule has 1 heterocycles. The highest BCUT2D eigenvalue weighted by Gasteiger charge is 2.59. The molecule has 35 heavy (non-hydrogen) atoms. The lowest BCUT2D eigenvalue weighted by atomic mass is 9.85. The van der Waals surface area contributed by atoms with E-state index in [1.165, 1.54) is 42.6 Å². The molecule has 0 unspecified atom stereocenters. The SMILES string of the molecule is O=C(O)c1ccc(COc2c(Cl)cc(C=NN3C(=O)[C@@H]4[C@H](C3=O)[C@H]3C=C[C@H]4C3)cc2[N+](=O)[O-])cc1. The molecular formula is C24H18ClN3O7. The van der Waals surface area contributed by atoms with Crippen LogP contribution in [0.1, 0.15) is 27.9 Å². The normalized spacial score (nSPS) is 24.4. The number of hydrogen-bond donors (Lipinski definition) is 1. The molecule has 0 aromatic heterocycles. The molecule has 2 bridgehead atoms. The monoisotopic (exact) mass is 495 g/mol. The summed E-state index contributed by atoms with van der Waals surface area (Å²) in [5.41, 5.74) is 0.493. The molecule has 2 aromatic carbocycles. The summed E-state index contributed by atoms with van der Waals surface area (Å²) < 4.78 is 5.57. The zero-order valence-corrected chi connectivity index (χ0v) is 18.8. The largest absolute Gasteiger partial charge is 0.481 e. The van der Waals surface area contributed by atoms with Crippen molar-refractivity contribution in [2.45, 2.75) is 13.0 Å². The van der Waals surface area contributed by atoms with Gasteiger partial charge in [-0.05, 0) is 42.0 Å². The van der Waals surface area contributed by atoms with Crippen LogP contribution in [-0.4, -0.2) is 39.0 Å². The summed E-state index contributed by atoms with van der Waals surface area (Å²) in [5, 5.41) is 25.5. The van der Waals surface area contributed by atoms with Gasteiger partial charge in [-0.2, -0.15) is 10.1 Å². The summed E-state index contributed by atoms with van der Waals surface area (Å²) in [6.45, 7) is -0.0795. The second kappa shape index (κ2) is 8.62. The maximum absolute atomic E-state index is 12.8. The van der Waals surface area contributed by atoms with E-state index in [1.807, 2.05) is 12.2 Å². The van der Waals surface area contributed by atoms with Gasteiger partial charge in [0.25, 0.3) is 11.8 Å². The molecule has 1 aliphatic heterocycles. The number of hydrogen-bond acceptors (Lipinski definition) is 7. The van der Waals surface area contributed by atoms with Gasteiger partial charge in [0.05, 0.1) is 33.6 Å². The molecule has 2 aliphatic carbocycles. The quantitative estimate of drug-likeness (QED) is 0.203. The lowest BCUT2D eigenvalue weighted by Crippen LogP contribution is -2.28. The van der Waals surface area contributed by atoms with E-state index < -0.39 is 28.4 Å². The number of allylic oxidation sites excluding steroid dienone is 2. The lowest BCUT2D eigenvalue weighted by molar-refractivity contribution is -0.385. The molecule has 2 fully saturated rings. The molecule has 5 rings (SSSR count). The van der Waals surface area contributed by atoms with Crippen LogP contribution < -0.4 is 4.74 Å². The Hall–Kier alpha value is -4.05. The second-order valence-corrected chi connectivity index (χ2v) is 9.04. The molecule has 1 saturated heterocycles. The number of nitro benzene ring substituents is 1. The Labute approximate surface area is 203 Å². The van der Waals surface area contributed by atoms with E-state index in [0.29, 0.717) is 5.56 Å². The number of carbonyl (C=O) groups is 3. The van der Waals surface area contributed by atoms with Crippen LogP contribution in [-0.2, 0) is 16.2 Å². The minimum absolute atomic E-state index is 0.0499. The molecule has 10 nitrogen and oxygen atoms in total. The zero-order chi connectivity index (χ0) is 24.9. The Kier molecular flexibility index (Phi) is 5.60. The highest BCUT2D eigenvalue weighted by Crippen LogP contribution is 2.52. The van der Waals surface area contributed by atoms with Crippen LogP contribution in [0.4, 0.5) is 5.69 Å². The van der Waals surface area contributed by atoms with Crippen LogP contribution in [0.5, 0.6) is 5.75 Å². The predicted molar refractivity (Wildman–Crippen MR) is 123 cm³/mol. The minimum Gasteiger partial charge on any atom is -0.481 e. The number of hydrazone groups is 1. The van der Waals surface area contributed by atoms with Crippen molar-refractivity contribution >= 4 is 41.3 Å². The number of nitrogens with zero attached hydrogens (tertiary/aromatic N) is 3. The fourth-order valence-electron chi connectivity index (χ4n) is 4.98. The Morgan fingerprint density at radius 1 is 1.17 bits per heavy atom. The molecule has 2 amide bonds. The Morgan fingerprint density at radius 2 is 1.80 bits per heavy atom. The van der Waals surface area contributed by atoms with E-state index >= 15 is 0 Å². The summed E-state index contributed by atoms with van der Waals surface area (Å²) >= 11 is 6.26. The van der Waals surface area contributed by atoms with Crippen LogP contribution in [0.15, 0.2) is 53.7 Å². The van der Waals surface area contributed by atoms with E-state index in [1.54, 1.807) is 0 Å². The van der Waals surface area contributed by atoms with Gasteiger partial charge in [0, 0.05) is 11.6 Å². The summed E-state index contributed by atoms with van der Waals surface area (Å²) in [6, 6.07) is 8.44. The molecule has 1 saturated carbocycles. The average molecular weight is 496 g/mol.